The van der Waals surface area contributed by atoms with Gasteiger partial charge >= 0.3 is 0 Å². The van der Waals surface area contributed by atoms with Crippen molar-refractivity contribution in [3.8, 4) is 5.75 Å². The molecule has 1 atom stereocenters. The summed E-state index contributed by atoms with van der Waals surface area (Å²) >= 11 is 0. The molecule has 0 bridgehead atoms. The van der Waals surface area contributed by atoms with E-state index in [0.29, 0.717) is 6.61 Å². The van der Waals surface area contributed by atoms with Crippen LogP contribution in [0.4, 0.5) is 11.4 Å². The van der Waals surface area contributed by atoms with Crippen molar-refractivity contribution in [1.29, 1.82) is 0 Å². The van der Waals surface area contributed by atoms with Crippen LogP contribution in [-0.4, -0.2) is 31.8 Å². The zero-order valence-electron chi connectivity index (χ0n) is 14.5. The van der Waals surface area contributed by atoms with Crippen molar-refractivity contribution in [3.05, 3.63) is 54.1 Å². The molecule has 5 heteroatoms. The number of hydrogen-bond acceptors (Lipinski definition) is 4. The van der Waals surface area contributed by atoms with Crippen molar-refractivity contribution >= 4 is 17.3 Å². The van der Waals surface area contributed by atoms with E-state index in [-0.39, 0.29) is 18.6 Å². The third-order valence-corrected chi connectivity index (χ3v) is 4.10. The molecule has 25 heavy (non-hydrogen) atoms. The number of rotatable bonds is 7. The lowest BCUT2D eigenvalue weighted by Crippen LogP contribution is -2.21. The maximum absolute atomic E-state index is 12.0. The van der Waals surface area contributed by atoms with Crippen LogP contribution in [0.5, 0.6) is 5.75 Å². The smallest absolute Gasteiger partial charge is 0.243 e. The zero-order valence-corrected chi connectivity index (χ0v) is 14.5. The Labute approximate surface area is 148 Å². The number of carbonyl (C=O) groups is 1. The summed E-state index contributed by atoms with van der Waals surface area (Å²) in [6.07, 6.45) is 2.37. The predicted octanol–water partition coefficient (Wildman–Crippen LogP) is 3.60. The van der Waals surface area contributed by atoms with Crippen LogP contribution in [0, 0.1) is 6.92 Å². The molecule has 0 saturated carbocycles. The Hall–Kier alpha value is -2.53. The number of benzene rings is 2. The minimum atomic E-state index is -0.0893. The fourth-order valence-electron chi connectivity index (χ4n) is 2.66. The Bertz CT molecular complexity index is 677. The van der Waals surface area contributed by atoms with Crippen LogP contribution < -0.4 is 15.4 Å². The van der Waals surface area contributed by atoms with Gasteiger partial charge in [-0.25, -0.2) is 0 Å². The lowest BCUT2D eigenvalue weighted by atomic mass is 10.2. The molecule has 2 aromatic rings. The van der Waals surface area contributed by atoms with Crippen LogP contribution in [0.2, 0.25) is 0 Å². The highest BCUT2D eigenvalue weighted by molar-refractivity contribution is 5.93. The van der Waals surface area contributed by atoms with Gasteiger partial charge in [0.15, 0.2) is 0 Å². The molecule has 0 spiro atoms. The number of carbonyl (C=O) groups excluding carboxylic acids is 1. The van der Waals surface area contributed by atoms with E-state index in [2.05, 4.69) is 10.6 Å². The van der Waals surface area contributed by atoms with Gasteiger partial charge < -0.3 is 20.1 Å². The van der Waals surface area contributed by atoms with Crippen LogP contribution in [-0.2, 0) is 9.53 Å². The third-order valence-electron chi connectivity index (χ3n) is 4.10. The largest absolute Gasteiger partial charge is 0.491 e. The van der Waals surface area contributed by atoms with Gasteiger partial charge in [-0.15, -0.1) is 0 Å². The molecule has 132 valence electrons. The predicted molar refractivity (Wildman–Crippen MR) is 99.2 cm³/mol. The summed E-state index contributed by atoms with van der Waals surface area (Å²) in [7, 11) is 0. The van der Waals surface area contributed by atoms with Crippen molar-refractivity contribution < 1.29 is 14.3 Å². The lowest BCUT2D eigenvalue weighted by molar-refractivity contribution is -0.114. The standard InChI is InChI=1S/C20H24N2O3/c1-15-4-6-16(7-5-15)21-13-20(23)22-17-8-10-18(11-9-17)25-14-19-3-2-12-24-19/h4-11,19,21H,2-3,12-14H2,1H3,(H,22,23). The second-order valence-electron chi connectivity index (χ2n) is 6.24. The van der Waals surface area contributed by atoms with E-state index in [0.717, 1.165) is 36.6 Å². The molecule has 1 aliphatic heterocycles. The van der Waals surface area contributed by atoms with Gasteiger partial charge in [0.2, 0.25) is 5.91 Å². The number of ether oxygens (including phenoxy) is 2. The van der Waals surface area contributed by atoms with Crippen molar-refractivity contribution in [3.63, 3.8) is 0 Å². The molecule has 2 aromatic carbocycles. The Morgan fingerprint density at radius 2 is 1.84 bits per heavy atom. The molecule has 2 N–H and O–H groups in total. The Morgan fingerprint density at radius 1 is 1.12 bits per heavy atom. The number of amides is 1. The first-order valence-corrected chi connectivity index (χ1v) is 8.64. The molecular weight excluding hydrogens is 316 g/mol. The van der Waals surface area contributed by atoms with Gasteiger partial charge in [-0.1, -0.05) is 17.7 Å². The normalized spacial score (nSPS) is 16.4. The first-order chi connectivity index (χ1) is 12.2. The molecule has 0 radical (unpaired) electrons. The van der Waals surface area contributed by atoms with Crippen LogP contribution in [0.15, 0.2) is 48.5 Å². The Kier molecular flexibility index (Phi) is 5.90. The van der Waals surface area contributed by atoms with Crippen LogP contribution >= 0.6 is 0 Å². The number of nitrogens with one attached hydrogen (secondary N) is 2. The maximum atomic E-state index is 12.0. The second kappa shape index (κ2) is 8.53. The zero-order chi connectivity index (χ0) is 17.5. The highest BCUT2D eigenvalue weighted by Crippen LogP contribution is 2.18. The van der Waals surface area contributed by atoms with Crippen LogP contribution in [0.3, 0.4) is 0 Å². The quantitative estimate of drug-likeness (QED) is 0.808. The first-order valence-electron chi connectivity index (χ1n) is 8.64. The molecule has 1 fully saturated rings. The second-order valence-corrected chi connectivity index (χ2v) is 6.24. The molecule has 5 nitrogen and oxygen atoms in total. The summed E-state index contributed by atoms with van der Waals surface area (Å²) in [5.41, 5.74) is 2.87. The molecular formula is C20H24N2O3. The first kappa shape index (κ1) is 17.3. The molecule has 1 aliphatic rings. The van der Waals surface area contributed by atoms with Gasteiger partial charge in [-0.3, -0.25) is 4.79 Å². The number of anilines is 2. The summed E-state index contributed by atoms with van der Waals surface area (Å²) in [6.45, 7) is 3.66. The van der Waals surface area contributed by atoms with Crippen molar-refractivity contribution in [1.82, 2.24) is 0 Å². The van der Waals surface area contributed by atoms with E-state index in [1.54, 1.807) is 0 Å². The fraction of sp³-hybridized carbons (Fsp3) is 0.350. The van der Waals surface area contributed by atoms with Crippen molar-refractivity contribution in [2.75, 3.05) is 30.4 Å². The van der Waals surface area contributed by atoms with E-state index in [4.69, 9.17) is 9.47 Å². The monoisotopic (exact) mass is 340 g/mol. The Morgan fingerprint density at radius 3 is 2.52 bits per heavy atom. The van der Waals surface area contributed by atoms with E-state index < -0.39 is 0 Å². The molecule has 3 rings (SSSR count). The van der Waals surface area contributed by atoms with E-state index >= 15 is 0 Å². The summed E-state index contributed by atoms with van der Waals surface area (Å²) in [4.78, 5) is 12.0. The van der Waals surface area contributed by atoms with Gasteiger partial charge in [0.1, 0.15) is 12.4 Å². The van der Waals surface area contributed by atoms with Gasteiger partial charge in [0, 0.05) is 18.0 Å². The molecule has 1 unspecified atom stereocenters. The van der Waals surface area contributed by atoms with Crippen LogP contribution in [0.1, 0.15) is 18.4 Å². The average molecular weight is 340 g/mol. The van der Waals surface area contributed by atoms with Crippen LogP contribution in [0.25, 0.3) is 0 Å². The fourth-order valence-corrected chi connectivity index (χ4v) is 2.66. The summed E-state index contributed by atoms with van der Waals surface area (Å²) in [5.74, 6) is 0.694. The number of hydrogen-bond donors (Lipinski definition) is 2. The average Bonchev–Trinajstić information content (AvgIpc) is 3.14. The van der Waals surface area contributed by atoms with E-state index in [9.17, 15) is 4.79 Å². The lowest BCUT2D eigenvalue weighted by Gasteiger charge is -2.12. The van der Waals surface area contributed by atoms with Crippen molar-refractivity contribution in [2.24, 2.45) is 0 Å². The van der Waals surface area contributed by atoms with Gasteiger partial charge in [0.25, 0.3) is 0 Å². The SMILES string of the molecule is Cc1ccc(NCC(=O)Nc2ccc(OCC3CCCO3)cc2)cc1. The van der Waals surface area contributed by atoms with Gasteiger partial charge in [-0.2, -0.15) is 0 Å². The molecule has 0 aromatic heterocycles. The molecule has 1 amide bonds. The minimum Gasteiger partial charge on any atom is -0.491 e. The maximum Gasteiger partial charge on any atom is 0.243 e. The summed E-state index contributed by atoms with van der Waals surface area (Å²) < 4.78 is 11.2. The molecule has 1 saturated heterocycles. The van der Waals surface area contributed by atoms with Crippen molar-refractivity contribution in [2.45, 2.75) is 25.9 Å². The summed E-state index contributed by atoms with van der Waals surface area (Å²) in [6, 6.07) is 15.3. The minimum absolute atomic E-state index is 0.0893. The van der Waals surface area contributed by atoms with E-state index in [1.165, 1.54) is 5.56 Å². The third kappa shape index (κ3) is 5.50. The molecule has 0 aliphatic carbocycles. The Balaban J connectivity index is 1.42. The van der Waals surface area contributed by atoms with Gasteiger partial charge in [-0.05, 0) is 56.2 Å². The van der Waals surface area contributed by atoms with E-state index in [1.807, 2.05) is 55.5 Å². The van der Waals surface area contributed by atoms with Gasteiger partial charge in [0.05, 0.1) is 12.6 Å². The summed E-state index contributed by atoms with van der Waals surface area (Å²) in [5, 5.41) is 5.97. The topological polar surface area (TPSA) is 59.6 Å². The molecule has 1 heterocycles. The number of aryl methyl sites for hydroxylation is 1. The highest BCUT2D eigenvalue weighted by Gasteiger charge is 2.15. The highest BCUT2D eigenvalue weighted by atomic mass is 16.5.